The second-order valence-corrected chi connectivity index (χ2v) is 2.81. The van der Waals surface area contributed by atoms with E-state index in [4.69, 9.17) is 5.73 Å². The van der Waals surface area contributed by atoms with Crippen LogP contribution in [-0.4, -0.2) is 0 Å². The molecule has 1 nitrogen and oxygen atoms in total. The van der Waals surface area contributed by atoms with Crippen LogP contribution in [0.3, 0.4) is 0 Å². The summed E-state index contributed by atoms with van der Waals surface area (Å²) < 4.78 is 0. The summed E-state index contributed by atoms with van der Waals surface area (Å²) in [6.45, 7) is 2.15. The van der Waals surface area contributed by atoms with Crippen molar-refractivity contribution in [1.29, 1.82) is 0 Å². The van der Waals surface area contributed by atoms with E-state index in [1.807, 2.05) is 30.3 Å². The van der Waals surface area contributed by atoms with Gasteiger partial charge in [-0.15, -0.1) is 0 Å². The topological polar surface area (TPSA) is 26.0 Å². The van der Waals surface area contributed by atoms with Gasteiger partial charge in [-0.2, -0.15) is 0 Å². The first kappa shape index (κ1) is 8.85. The second kappa shape index (κ2) is 4.60. The lowest BCUT2D eigenvalue weighted by Crippen LogP contribution is -1.95. The summed E-state index contributed by atoms with van der Waals surface area (Å²) in [6, 6.07) is 10.1. The van der Waals surface area contributed by atoms with Crippen molar-refractivity contribution in [2.75, 3.05) is 0 Å². The van der Waals surface area contributed by atoms with Crippen LogP contribution in [0.15, 0.2) is 36.4 Å². The van der Waals surface area contributed by atoms with Gasteiger partial charge in [0.25, 0.3) is 0 Å². The van der Waals surface area contributed by atoms with Crippen molar-refractivity contribution in [1.82, 2.24) is 0 Å². The third kappa shape index (κ3) is 2.42. The third-order valence-electron chi connectivity index (χ3n) is 1.76. The van der Waals surface area contributed by atoms with Gasteiger partial charge in [0.05, 0.1) is 0 Å². The minimum absolute atomic E-state index is 0.887. The summed E-state index contributed by atoms with van der Waals surface area (Å²) in [5, 5.41) is 0. The third-order valence-corrected chi connectivity index (χ3v) is 1.76. The van der Waals surface area contributed by atoms with Crippen LogP contribution >= 0.6 is 0 Å². The average molecular weight is 161 g/mol. The van der Waals surface area contributed by atoms with Gasteiger partial charge >= 0.3 is 0 Å². The molecule has 2 N–H and O–H groups in total. The van der Waals surface area contributed by atoms with E-state index in [-0.39, 0.29) is 0 Å². The zero-order valence-electron chi connectivity index (χ0n) is 7.46. The van der Waals surface area contributed by atoms with Crippen molar-refractivity contribution in [3.05, 3.63) is 42.0 Å². The van der Waals surface area contributed by atoms with Crippen LogP contribution in [0.25, 0.3) is 5.70 Å². The summed E-state index contributed by atoms with van der Waals surface area (Å²) in [6.07, 6.45) is 4.28. The maximum Gasteiger partial charge on any atom is 0.0347 e. The highest BCUT2D eigenvalue weighted by atomic mass is 14.6. The largest absolute Gasteiger partial charge is 0.399 e. The van der Waals surface area contributed by atoms with Crippen molar-refractivity contribution in [2.24, 2.45) is 5.73 Å². The first-order valence-electron chi connectivity index (χ1n) is 4.35. The zero-order valence-corrected chi connectivity index (χ0v) is 7.46. The van der Waals surface area contributed by atoms with Crippen LogP contribution in [0.1, 0.15) is 25.3 Å². The Morgan fingerprint density at radius 3 is 2.58 bits per heavy atom. The molecule has 0 aliphatic carbocycles. The molecule has 0 saturated carbocycles. The molecule has 0 atom stereocenters. The molecule has 1 aromatic rings. The molecular formula is C11H15N. The lowest BCUT2D eigenvalue weighted by molar-refractivity contribution is 0.958. The van der Waals surface area contributed by atoms with Crippen molar-refractivity contribution in [2.45, 2.75) is 19.8 Å². The quantitative estimate of drug-likeness (QED) is 0.724. The SMILES string of the molecule is CCCC=C(N)c1ccccc1. The van der Waals surface area contributed by atoms with Gasteiger partial charge in [-0.25, -0.2) is 0 Å². The van der Waals surface area contributed by atoms with Gasteiger partial charge in [0.1, 0.15) is 0 Å². The molecule has 0 radical (unpaired) electrons. The highest BCUT2D eigenvalue weighted by Gasteiger charge is 1.91. The predicted octanol–water partition coefficient (Wildman–Crippen LogP) is 2.79. The number of hydrogen-bond acceptors (Lipinski definition) is 1. The fourth-order valence-corrected chi connectivity index (χ4v) is 1.05. The first-order chi connectivity index (χ1) is 5.84. The molecule has 0 unspecified atom stereocenters. The van der Waals surface area contributed by atoms with E-state index < -0.39 is 0 Å². The van der Waals surface area contributed by atoms with E-state index in [1.54, 1.807) is 0 Å². The molecule has 0 saturated heterocycles. The summed E-state index contributed by atoms with van der Waals surface area (Å²) in [5.74, 6) is 0. The van der Waals surface area contributed by atoms with Crippen LogP contribution in [0.2, 0.25) is 0 Å². The number of hydrogen-bond donors (Lipinski definition) is 1. The van der Waals surface area contributed by atoms with Gasteiger partial charge < -0.3 is 5.73 Å². The summed E-state index contributed by atoms with van der Waals surface area (Å²) in [7, 11) is 0. The molecule has 0 aliphatic heterocycles. The lowest BCUT2D eigenvalue weighted by Gasteiger charge is -1.99. The van der Waals surface area contributed by atoms with Crippen molar-refractivity contribution in [3.63, 3.8) is 0 Å². The monoisotopic (exact) mass is 161 g/mol. The van der Waals surface area contributed by atoms with Crippen molar-refractivity contribution in [3.8, 4) is 0 Å². The second-order valence-electron chi connectivity index (χ2n) is 2.81. The molecular weight excluding hydrogens is 146 g/mol. The maximum absolute atomic E-state index is 5.84. The molecule has 0 aliphatic rings. The lowest BCUT2D eigenvalue weighted by atomic mass is 10.1. The Morgan fingerprint density at radius 1 is 1.33 bits per heavy atom. The van der Waals surface area contributed by atoms with Crippen LogP contribution in [0.5, 0.6) is 0 Å². The molecule has 64 valence electrons. The summed E-state index contributed by atoms with van der Waals surface area (Å²) in [5.41, 5.74) is 7.85. The Labute approximate surface area is 73.9 Å². The van der Waals surface area contributed by atoms with Gasteiger partial charge in [0.15, 0.2) is 0 Å². The summed E-state index contributed by atoms with van der Waals surface area (Å²) in [4.78, 5) is 0. The molecule has 0 bridgehead atoms. The molecule has 0 aromatic heterocycles. The molecule has 1 aromatic carbocycles. The van der Waals surface area contributed by atoms with Gasteiger partial charge in [0, 0.05) is 5.70 Å². The van der Waals surface area contributed by atoms with Gasteiger partial charge in [-0.3, -0.25) is 0 Å². The number of benzene rings is 1. The van der Waals surface area contributed by atoms with Crippen molar-refractivity contribution >= 4 is 5.70 Å². The van der Waals surface area contributed by atoms with Crippen LogP contribution in [0, 0.1) is 0 Å². The van der Waals surface area contributed by atoms with Gasteiger partial charge in [-0.1, -0.05) is 49.8 Å². The minimum atomic E-state index is 0.887. The molecule has 0 spiro atoms. The first-order valence-corrected chi connectivity index (χ1v) is 4.35. The predicted molar refractivity (Wildman–Crippen MR) is 53.5 cm³/mol. The van der Waals surface area contributed by atoms with Crippen LogP contribution < -0.4 is 5.73 Å². The fourth-order valence-electron chi connectivity index (χ4n) is 1.05. The van der Waals surface area contributed by atoms with E-state index in [2.05, 4.69) is 13.0 Å². The van der Waals surface area contributed by atoms with E-state index in [0.717, 1.165) is 24.1 Å². The Hall–Kier alpha value is -1.24. The fraction of sp³-hybridized carbons (Fsp3) is 0.273. The number of nitrogens with two attached hydrogens (primary N) is 1. The van der Waals surface area contributed by atoms with Gasteiger partial charge in [-0.05, 0) is 12.0 Å². The highest BCUT2D eigenvalue weighted by Crippen LogP contribution is 2.08. The normalized spacial score (nSPS) is 11.6. The summed E-state index contributed by atoms with van der Waals surface area (Å²) >= 11 is 0. The molecule has 1 heteroatoms. The molecule has 12 heavy (non-hydrogen) atoms. The van der Waals surface area contributed by atoms with Crippen molar-refractivity contribution < 1.29 is 0 Å². The Kier molecular flexibility index (Phi) is 3.39. The number of rotatable bonds is 3. The Bertz CT molecular complexity index is 249. The minimum Gasteiger partial charge on any atom is -0.399 e. The van der Waals surface area contributed by atoms with E-state index in [9.17, 15) is 0 Å². The highest BCUT2D eigenvalue weighted by molar-refractivity contribution is 5.62. The molecule has 0 fully saturated rings. The molecule has 0 amide bonds. The Morgan fingerprint density at radius 2 is 2.00 bits per heavy atom. The Balaban J connectivity index is 2.71. The number of allylic oxidation sites excluding steroid dienone is 1. The van der Waals surface area contributed by atoms with E-state index in [1.165, 1.54) is 0 Å². The van der Waals surface area contributed by atoms with E-state index >= 15 is 0 Å². The van der Waals surface area contributed by atoms with Gasteiger partial charge in [0.2, 0.25) is 0 Å². The maximum atomic E-state index is 5.84. The molecule has 1 rings (SSSR count). The number of unbranched alkanes of at least 4 members (excludes halogenated alkanes) is 1. The molecule has 0 heterocycles. The van der Waals surface area contributed by atoms with Crippen LogP contribution in [-0.2, 0) is 0 Å². The standard InChI is InChI=1S/C11H15N/c1-2-3-9-11(12)10-7-5-4-6-8-10/h4-9H,2-3,12H2,1H3. The van der Waals surface area contributed by atoms with E-state index in [0.29, 0.717) is 0 Å². The smallest absolute Gasteiger partial charge is 0.0347 e. The zero-order chi connectivity index (χ0) is 8.81. The van der Waals surface area contributed by atoms with Crippen LogP contribution in [0.4, 0.5) is 0 Å². The average Bonchev–Trinajstić information content (AvgIpc) is 2.15.